The van der Waals surface area contributed by atoms with Crippen molar-refractivity contribution < 1.29 is 9.18 Å². The fourth-order valence-electron chi connectivity index (χ4n) is 1.65. The minimum atomic E-state index is -0.448. The SMILES string of the molecule is C[C@H](Nc1ccc(F)cc1)C(=O)Nc1ccc(Cl)cc1. The Kier molecular flexibility index (Phi) is 4.58. The van der Waals surface area contributed by atoms with E-state index in [2.05, 4.69) is 10.6 Å². The summed E-state index contributed by atoms with van der Waals surface area (Å²) in [5.41, 5.74) is 1.36. The molecule has 0 bridgehead atoms. The molecule has 0 aliphatic rings. The lowest BCUT2D eigenvalue weighted by Crippen LogP contribution is -2.31. The van der Waals surface area contributed by atoms with E-state index in [0.29, 0.717) is 16.4 Å². The molecule has 0 spiro atoms. The first-order chi connectivity index (χ1) is 9.54. The fourth-order valence-corrected chi connectivity index (χ4v) is 1.77. The highest BCUT2D eigenvalue weighted by Crippen LogP contribution is 2.14. The summed E-state index contributed by atoms with van der Waals surface area (Å²) in [6.07, 6.45) is 0. The van der Waals surface area contributed by atoms with E-state index in [1.807, 2.05) is 0 Å². The van der Waals surface area contributed by atoms with Crippen molar-refractivity contribution in [2.75, 3.05) is 10.6 Å². The Morgan fingerprint density at radius 2 is 1.60 bits per heavy atom. The predicted octanol–water partition coefficient (Wildman–Crippen LogP) is 3.92. The highest BCUT2D eigenvalue weighted by Gasteiger charge is 2.12. The molecule has 1 amide bonds. The number of amides is 1. The summed E-state index contributed by atoms with van der Waals surface area (Å²) in [4.78, 5) is 12.0. The van der Waals surface area contributed by atoms with E-state index >= 15 is 0 Å². The zero-order valence-corrected chi connectivity index (χ0v) is 11.6. The van der Waals surface area contributed by atoms with Crippen LogP contribution in [-0.2, 0) is 4.79 Å². The molecule has 0 saturated heterocycles. The average Bonchev–Trinajstić information content (AvgIpc) is 2.44. The molecule has 1 atom stereocenters. The van der Waals surface area contributed by atoms with Crippen molar-refractivity contribution >= 4 is 28.9 Å². The van der Waals surface area contributed by atoms with Crippen LogP contribution in [0.1, 0.15) is 6.92 Å². The van der Waals surface area contributed by atoms with Crippen LogP contribution in [0, 0.1) is 5.82 Å². The maximum Gasteiger partial charge on any atom is 0.246 e. The largest absolute Gasteiger partial charge is 0.374 e. The van der Waals surface area contributed by atoms with Crippen LogP contribution in [0.5, 0.6) is 0 Å². The molecule has 0 unspecified atom stereocenters. The Labute approximate surface area is 121 Å². The van der Waals surface area contributed by atoms with E-state index in [1.54, 1.807) is 43.3 Å². The molecule has 0 heterocycles. The number of halogens is 2. The second-order valence-corrected chi connectivity index (χ2v) is 4.81. The van der Waals surface area contributed by atoms with Crippen LogP contribution in [0.2, 0.25) is 5.02 Å². The normalized spacial score (nSPS) is 11.8. The molecule has 0 saturated carbocycles. The minimum absolute atomic E-state index is 0.184. The molecule has 104 valence electrons. The Morgan fingerprint density at radius 3 is 2.20 bits per heavy atom. The van der Waals surface area contributed by atoms with Crippen LogP contribution >= 0.6 is 11.6 Å². The number of benzene rings is 2. The summed E-state index contributed by atoms with van der Waals surface area (Å²) in [6.45, 7) is 1.73. The standard InChI is InChI=1S/C15H14ClFN2O/c1-10(18-13-8-4-12(17)5-9-13)15(20)19-14-6-2-11(16)3-7-14/h2-10,18H,1H3,(H,19,20)/t10-/m0/s1. The van der Waals surface area contributed by atoms with E-state index in [4.69, 9.17) is 11.6 Å². The smallest absolute Gasteiger partial charge is 0.246 e. The first-order valence-electron chi connectivity index (χ1n) is 6.13. The zero-order chi connectivity index (χ0) is 14.5. The van der Waals surface area contributed by atoms with Gasteiger partial charge >= 0.3 is 0 Å². The van der Waals surface area contributed by atoms with Gasteiger partial charge < -0.3 is 10.6 Å². The number of hydrogen-bond donors (Lipinski definition) is 2. The number of carbonyl (C=O) groups excluding carboxylic acids is 1. The third-order valence-corrected chi connectivity index (χ3v) is 2.98. The molecule has 2 rings (SSSR count). The van der Waals surface area contributed by atoms with Gasteiger partial charge in [-0.15, -0.1) is 0 Å². The second-order valence-electron chi connectivity index (χ2n) is 4.37. The topological polar surface area (TPSA) is 41.1 Å². The molecule has 2 aromatic carbocycles. The van der Waals surface area contributed by atoms with E-state index in [-0.39, 0.29) is 11.7 Å². The molecule has 2 N–H and O–H groups in total. The summed E-state index contributed by atoms with van der Waals surface area (Å²) in [6, 6.07) is 12.3. The lowest BCUT2D eigenvalue weighted by Gasteiger charge is -2.15. The van der Waals surface area contributed by atoms with Crippen molar-refractivity contribution in [3.8, 4) is 0 Å². The molecule has 0 aliphatic carbocycles. The summed E-state index contributed by atoms with van der Waals surface area (Å²) < 4.78 is 12.8. The highest BCUT2D eigenvalue weighted by molar-refractivity contribution is 6.30. The van der Waals surface area contributed by atoms with Gasteiger partial charge in [0, 0.05) is 16.4 Å². The predicted molar refractivity (Wildman–Crippen MR) is 79.6 cm³/mol. The lowest BCUT2D eigenvalue weighted by atomic mass is 10.2. The lowest BCUT2D eigenvalue weighted by molar-refractivity contribution is -0.116. The van der Waals surface area contributed by atoms with Crippen molar-refractivity contribution in [2.24, 2.45) is 0 Å². The van der Waals surface area contributed by atoms with Crippen molar-refractivity contribution in [1.82, 2.24) is 0 Å². The number of hydrogen-bond acceptors (Lipinski definition) is 2. The molecule has 20 heavy (non-hydrogen) atoms. The van der Waals surface area contributed by atoms with E-state index < -0.39 is 6.04 Å². The van der Waals surface area contributed by atoms with Crippen LogP contribution in [0.15, 0.2) is 48.5 Å². The van der Waals surface area contributed by atoms with E-state index in [0.717, 1.165) is 0 Å². The van der Waals surface area contributed by atoms with Gasteiger partial charge in [0.2, 0.25) is 5.91 Å². The molecular formula is C15H14ClFN2O. The summed E-state index contributed by atoms with van der Waals surface area (Å²) in [5, 5.41) is 6.37. The van der Waals surface area contributed by atoms with Gasteiger partial charge in [-0.1, -0.05) is 11.6 Å². The van der Waals surface area contributed by atoms with Gasteiger partial charge in [0.05, 0.1) is 0 Å². The highest BCUT2D eigenvalue weighted by atomic mass is 35.5. The fraction of sp³-hybridized carbons (Fsp3) is 0.133. The Morgan fingerprint density at radius 1 is 1.05 bits per heavy atom. The molecule has 5 heteroatoms. The van der Waals surface area contributed by atoms with Gasteiger partial charge in [-0.2, -0.15) is 0 Å². The summed E-state index contributed by atoms with van der Waals surface area (Å²) in [7, 11) is 0. The molecular weight excluding hydrogens is 279 g/mol. The Balaban J connectivity index is 1.94. The van der Waals surface area contributed by atoms with E-state index in [1.165, 1.54) is 12.1 Å². The maximum absolute atomic E-state index is 12.8. The van der Waals surface area contributed by atoms with Gasteiger partial charge in [0.1, 0.15) is 11.9 Å². The third kappa shape index (κ3) is 3.96. The Hall–Kier alpha value is -2.07. The summed E-state index contributed by atoms with van der Waals surface area (Å²) >= 11 is 5.78. The van der Waals surface area contributed by atoms with Crippen molar-refractivity contribution in [1.29, 1.82) is 0 Å². The second kappa shape index (κ2) is 6.39. The van der Waals surface area contributed by atoms with Gasteiger partial charge in [-0.3, -0.25) is 4.79 Å². The molecule has 0 fully saturated rings. The molecule has 2 aromatic rings. The van der Waals surface area contributed by atoms with Gasteiger partial charge in [0.25, 0.3) is 0 Å². The third-order valence-electron chi connectivity index (χ3n) is 2.73. The quantitative estimate of drug-likeness (QED) is 0.897. The Bertz CT molecular complexity index is 584. The molecule has 0 aliphatic heterocycles. The minimum Gasteiger partial charge on any atom is -0.374 e. The number of anilines is 2. The number of carbonyl (C=O) groups is 1. The molecule has 0 aromatic heterocycles. The van der Waals surface area contributed by atoms with E-state index in [9.17, 15) is 9.18 Å². The first kappa shape index (κ1) is 14.3. The van der Waals surface area contributed by atoms with Crippen LogP contribution in [0.3, 0.4) is 0 Å². The van der Waals surface area contributed by atoms with Crippen molar-refractivity contribution in [3.63, 3.8) is 0 Å². The number of nitrogens with one attached hydrogen (secondary N) is 2. The summed E-state index contributed by atoms with van der Waals surface area (Å²) in [5.74, 6) is -0.495. The average molecular weight is 293 g/mol. The van der Waals surface area contributed by atoms with Gasteiger partial charge in [-0.05, 0) is 55.5 Å². The number of rotatable bonds is 4. The first-order valence-corrected chi connectivity index (χ1v) is 6.51. The van der Waals surface area contributed by atoms with Crippen LogP contribution in [0.4, 0.5) is 15.8 Å². The van der Waals surface area contributed by atoms with Crippen molar-refractivity contribution in [3.05, 3.63) is 59.4 Å². The van der Waals surface area contributed by atoms with Crippen molar-refractivity contribution in [2.45, 2.75) is 13.0 Å². The molecule has 3 nitrogen and oxygen atoms in total. The van der Waals surface area contributed by atoms with Crippen LogP contribution in [0.25, 0.3) is 0 Å². The van der Waals surface area contributed by atoms with Gasteiger partial charge in [0.15, 0.2) is 0 Å². The van der Waals surface area contributed by atoms with Gasteiger partial charge in [-0.25, -0.2) is 4.39 Å². The maximum atomic E-state index is 12.8. The zero-order valence-electron chi connectivity index (χ0n) is 10.9. The van der Waals surface area contributed by atoms with Crippen LogP contribution < -0.4 is 10.6 Å². The molecule has 0 radical (unpaired) electrons. The monoisotopic (exact) mass is 292 g/mol. The van der Waals surface area contributed by atoms with Crippen LogP contribution in [-0.4, -0.2) is 11.9 Å².